The fourth-order valence-electron chi connectivity index (χ4n) is 2.25. The van der Waals surface area contributed by atoms with E-state index in [0.717, 1.165) is 16.8 Å². The predicted octanol–water partition coefficient (Wildman–Crippen LogP) is 2.24. The van der Waals surface area contributed by atoms with Crippen LogP contribution in [0.4, 0.5) is 5.69 Å². The number of aryl methyl sites for hydroxylation is 1. The summed E-state index contributed by atoms with van der Waals surface area (Å²) in [5.74, 6) is -0.123. The molecule has 0 spiro atoms. The zero-order valence-corrected chi connectivity index (χ0v) is 14.0. The number of anilines is 1. The van der Waals surface area contributed by atoms with E-state index in [0.29, 0.717) is 6.61 Å². The normalized spacial score (nSPS) is 12.4. The van der Waals surface area contributed by atoms with Gasteiger partial charge in [-0.1, -0.05) is 12.1 Å². The molecule has 0 saturated heterocycles. The molecule has 0 fully saturated rings. The predicted molar refractivity (Wildman–Crippen MR) is 90.0 cm³/mol. The van der Waals surface area contributed by atoms with Crippen LogP contribution in [0.1, 0.15) is 31.0 Å². The third-order valence-corrected chi connectivity index (χ3v) is 3.39. The molecule has 0 aliphatic carbocycles. The molecule has 124 valence electrons. The number of benzene rings is 1. The summed E-state index contributed by atoms with van der Waals surface area (Å²) in [7, 11) is 3.58. The van der Waals surface area contributed by atoms with Gasteiger partial charge >= 0.3 is 0 Å². The molecule has 2 N–H and O–H groups in total. The second-order valence-electron chi connectivity index (χ2n) is 5.72. The van der Waals surface area contributed by atoms with Gasteiger partial charge < -0.3 is 15.4 Å². The van der Waals surface area contributed by atoms with E-state index in [1.54, 1.807) is 17.9 Å². The van der Waals surface area contributed by atoms with Crippen LogP contribution in [-0.2, 0) is 23.2 Å². The first-order chi connectivity index (χ1) is 11.0. The Morgan fingerprint density at radius 2 is 2.17 bits per heavy atom. The highest BCUT2D eigenvalue weighted by Crippen LogP contribution is 2.17. The Labute approximate surface area is 136 Å². The quantitative estimate of drug-likeness (QED) is 0.822. The largest absolute Gasteiger partial charge is 0.374 e. The lowest BCUT2D eigenvalue weighted by Gasteiger charge is -2.15. The molecule has 23 heavy (non-hydrogen) atoms. The molecular formula is C17H24N4O2. The van der Waals surface area contributed by atoms with Crippen molar-refractivity contribution < 1.29 is 9.53 Å². The minimum atomic E-state index is -0.445. The number of carbonyl (C=O) groups is 1. The summed E-state index contributed by atoms with van der Waals surface area (Å²) in [6.07, 6.45) is 3.69. The van der Waals surface area contributed by atoms with Gasteiger partial charge in [-0.25, -0.2) is 0 Å². The van der Waals surface area contributed by atoms with Crippen LogP contribution in [0.25, 0.3) is 0 Å². The number of hydrogen-bond acceptors (Lipinski definition) is 4. The third-order valence-electron chi connectivity index (χ3n) is 3.39. The average Bonchev–Trinajstić information content (AvgIpc) is 2.92. The van der Waals surface area contributed by atoms with Crippen LogP contribution in [0, 0.1) is 0 Å². The van der Waals surface area contributed by atoms with Gasteiger partial charge in [-0.05, 0) is 38.6 Å². The number of ether oxygens (including phenoxy) is 1. The molecule has 1 amide bonds. The summed E-state index contributed by atoms with van der Waals surface area (Å²) in [6.45, 7) is 4.52. The van der Waals surface area contributed by atoms with Crippen molar-refractivity contribution in [2.24, 2.45) is 7.05 Å². The lowest BCUT2D eigenvalue weighted by molar-refractivity contribution is -0.118. The Morgan fingerprint density at radius 3 is 2.78 bits per heavy atom. The summed E-state index contributed by atoms with van der Waals surface area (Å²) in [6, 6.07) is 7.24. The van der Waals surface area contributed by atoms with Gasteiger partial charge in [0.15, 0.2) is 0 Å². The smallest absolute Gasteiger partial charge is 0.246 e. The lowest BCUT2D eigenvalue weighted by Crippen LogP contribution is -2.30. The zero-order valence-electron chi connectivity index (χ0n) is 14.0. The molecule has 1 unspecified atom stereocenters. The van der Waals surface area contributed by atoms with Crippen LogP contribution in [0.2, 0.25) is 0 Å². The molecule has 0 radical (unpaired) electrons. The molecule has 1 heterocycles. The van der Waals surface area contributed by atoms with E-state index in [-0.39, 0.29) is 12.0 Å². The molecule has 1 aromatic heterocycles. The van der Waals surface area contributed by atoms with Crippen molar-refractivity contribution in [3.8, 4) is 0 Å². The number of nitrogens with zero attached hydrogens (tertiary/aromatic N) is 2. The summed E-state index contributed by atoms with van der Waals surface area (Å²) >= 11 is 0. The highest BCUT2D eigenvalue weighted by molar-refractivity contribution is 5.95. The summed E-state index contributed by atoms with van der Waals surface area (Å²) in [4.78, 5) is 12.5. The Kier molecular flexibility index (Phi) is 5.90. The van der Waals surface area contributed by atoms with E-state index < -0.39 is 6.04 Å². The summed E-state index contributed by atoms with van der Waals surface area (Å²) < 4.78 is 7.27. The number of aromatic nitrogens is 2. The van der Waals surface area contributed by atoms with E-state index in [9.17, 15) is 4.79 Å². The van der Waals surface area contributed by atoms with E-state index >= 15 is 0 Å². The van der Waals surface area contributed by atoms with Crippen molar-refractivity contribution in [1.82, 2.24) is 15.1 Å². The van der Waals surface area contributed by atoms with Gasteiger partial charge in [0, 0.05) is 24.5 Å². The highest BCUT2D eigenvalue weighted by Gasteiger charge is 2.20. The van der Waals surface area contributed by atoms with E-state index in [2.05, 4.69) is 15.7 Å². The fraction of sp³-hybridized carbons (Fsp3) is 0.412. The van der Waals surface area contributed by atoms with Gasteiger partial charge in [0.25, 0.3) is 0 Å². The lowest BCUT2D eigenvalue weighted by atomic mass is 10.1. The first-order valence-corrected chi connectivity index (χ1v) is 7.67. The van der Waals surface area contributed by atoms with Gasteiger partial charge in [0.05, 0.1) is 18.9 Å². The van der Waals surface area contributed by atoms with Gasteiger partial charge in [-0.2, -0.15) is 5.10 Å². The molecule has 6 heteroatoms. The fourth-order valence-corrected chi connectivity index (χ4v) is 2.25. The Hall–Kier alpha value is -2.18. The van der Waals surface area contributed by atoms with Crippen LogP contribution in [0.3, 0.4) is 0 Å². The van der Waals surface area contributed by atoms with Crippen molar-refractivity contribution in [2.75, 3.05) is 12.4 Å². The molecule has 0 saturated carbocycles. The monoisotopic (exact) mass is 316 g/mol. The number of hydrogen-bond donors (Lipinski definition) is 2. The Bertz CT molecular complexity index is 652. The molecular weight excluding hydrogens is 292 g/mol. The summed E-state index contributed by atoms with van der Waals surface area (Å²) in [5, 5.41) is 10.1. The number of likely N-dealkylation sites (N-methyl/N-ethyl adjacent to an activating group) is 1. The summed E-state index contributed by atoms with van der Waals surface area (Å²) in [5.41, 5.74) is 2.61. The van der Waals surface area contributed by atoms with Gasteiger partial charge in [-0.15, -0.1) is 0 Å². The highest BCUT2D eigenvalue weighted by atomic mass is 16.5. The van der Waals surface area contributed by atoms with Crippen molar-refractivity contribution >= 4 is 11.6 Å². The van der Waals surface area contributed by atoms with Crippen LogP contribution < -0.4 is 10.6 Å². The van der Waals surface area contributed by atoms with Crippen LogP contribution in [0.15, 0.2) is 36.7 Å². The standard InChI is InChI=1S/C17H24N4O2/c1-12(2)23-11-13-6-5-7-15(8-13)20-17(22)16(18-3)14-9-19-21(4)10-14/h5-10,12,16,18H,11H2,1-4H3,(H,20,22). The number of rotatable bonds is 7. The number of carbonyl (C=O) groups excluding carboxylic acids is 1. The molecule has 0 aliphatic rings. The molecule has 1 atom stereocenters. The molecule has 6 nitrogen and oxygen atoms in total. The van der Waals surface area contributed by atoms with Gasteiger partial charge in [0.2, 0.25) is 5.91 Å². The molecule has 0 bridgehead atoms. The molecule has 2 rings (SSSR count). The minimum Gasteiger partial charge on any atom is -0.374 e. The maximum Gasteiger partial charge on any atom is 0.246 e. The van der Waals surface area contributed by atoms with Gasteiger partial charge in [-0.3, -0.25) is 9.48 Å². The Morgan fingerprint density at radius 1 is 1.39 bits per heavy atom. The van der Waals surface area contributed by atoms with Crippen molar-refractivity contribution in [1.29, 1.82) is 0 Å². The first kappa shape index (κ1) is 17.2. The third kappa shape index (κ3) is 4.91. The van der Waals surface area contributed by atoms with Crippen LogP contribution in [-0.4, -0.2) is 28.8 Å². The van der Waals surface area contributed by atoms with Crippen LogP contribution in [0.5, 0.6) is 0 Å². The SMILES string of the molecule is CNC(C(=O)Nc1cccc(COC(C)C)c1)c1cnn(C)c1. The second-order valence-corrected chi connectivity index (χ2v) is 5.72. The minimum absolute atomic E-state index is 0.123. The first-order valence-electron chi connectivity index (χ1n) is 7.67. The average molecular weight is 316 g/mol. The second kappa shape index (κ2) is 7.89. The number of amides is 1. The van der Waals surface area contributed by atoms with Gasteiger partial charge in [0.1, 0.15) is 6.04 Å². The maximum absolute atomic E-state index is 12.5. The molecule has 0 aliphatic heterocycles. The van der Waals surface area contributed by atoms with E-state index in [4.69, 9.17) is 4.74 Å². The van der Waals surface area contributed by atoms with E-state index in [1.165, 1.54) is 0 Å². The van der Waals surface area contributed by atoms with Crippen LogP contribution >= 0.6 is 0 Å². The Balaban J connectivity index is 2.05. The number of nitrogens with one attached hydrogen (secondary N) is 2. The topological polar surface area (TPSA) is 68.2 Å². The van der Waals surface area contributed by atoms with Crippen molar-refractivity contribution in [3.05, 3.63) is 47.8 Å². The zero-order chi connectivity index (χ0) is 16.8. The maximum atomic E-state index is 12.5. The molecule has 2 aromatic rings. The van der Waals surface area contributed by atoms with Crippen molar-refractivity contribution in [2.45, 2.75) is 32.6 Å². The molecule has 1 aromatic carbocycles. The van der Waals surface area contributed by atoms with Crippen molar-refractivity contribution in [3.63, 3.8) is 0 Å². The van der Waals surface area contributed by atoms with E-state index in [1.807, 2.05) is 51.4 Å².